The highest BCUT2D eigenvalue weighted by Gasteiger charge is 2.15. The van der Waals surface area contributed by atoms with Gasteiger partial charge in [-0.05, 0) is 42.8 Å². The minimum atomic E-state index is -0.723. The first-order valence-electron chi connectivity index (χ1n) is 8.69. The quantitative estimate of drug-likeness (QED) is 0.602. The van der Waals surface area contributed by atoms with Gasteiger partial charge in [-0.25, -0.2) is 4.39 Å². The van der Waals surface area contributed by atoms with Crippen molar-refractivity contribution in [2.24, 2.45) is 0 Å². The molecule has 0 aliphatic heterocycles. The zero-order chi connectivity index (χ0) is 19.8. The summed E-state index contributed by atoms with van der Waals surface area (Å²) in [5.41, 5.74) is 0.697. The van der Waals surface area contributed by atoms with Crippen LogP contribution in [0, 0.1) is 5.82 Å². The van der Waals surface area contributed by atoms with E-state index in [-0.39, 0.29) is 16.5 Å². The number of ether oxygens (including phenoxy) is 1. The van der Waals surface area contributed by atoms with Crippen molar-refractivity contribution in [2.75, 3.05) is 17.7 Å². The van der Waals surface area contributed by atoms with Gasteiger partial charge in [0.2, 0.25) is 5.91 Å². The Balaban J connectivity index is 2.15. The predicted octanol–water partition coefficient (Wildman–Crippen LogP) is 5.26. The summed E-state index contributed by atoms with van der Waals surface area (Å²) in [6, 6.07) is 8.68. The summed E-state index contributed by atoms with van der Waals surface area (Å²) in [6.45, 7) is 2.07. The molecule has 2 rings (SSSR count). The Morgan fingerprint density at radius 3 is 2.56 bits per heavy atom. The molecule has 2 aromatic rings. The second-order valence-corrected chi connectivity index (χ2v) is 6.44. The number of methoxy groups -OCH3 is 1. The van der Waals surface area contributed by atoms with Gasteiger partial charge in [-0.1, -0.05) is 31.4 Å². The third-order valence-electron chi connectivity index (χ3n) is 3.91. The highest BCUT2D eigenvalue weighted by Crippen LogP contribution is 2.29. The van der Waals surface area contributed by atoms with E-state index in [0.29, 0.717) is 23.5 Å². The number of nitrogens with one attached hydrogen (secondary N) is 2. The smallest absolute Gasteiger partial charge is 0.258 e. The molecular formula is C20H22ClFN2O3. The zero-order valence-electron chi connectivity index (χ0n) is 15.3. The van der Waals surface area contributed by atoms with Crippen LogP contribution in [0.2, 0.25) is 5.02 Å². The maximum absolute atomic E-state index is 14.0. The average molecular weight is 393 g/mol. The number of halogens is 2. The van der Waals surface area contributed by atoms with Crippen molar-refractivity contribution in [3.05, 3.63) is 52.8 Å². The van der Waals surface area contributed by atoms with Crippen molar-refractivity contribution in [1.29, 1.82) is 0 Å². The number of hydrogen-bond donors (Lipinski definition) is 2. The van der Waals surface area contributed by atoms with Crippen LogP contribution in [-0.2, 0) is 4.79 Å². The standard InChI is InChI=1S/C20H22ClFN2O3/c1-3-4-5-6-19(25)23-14-8-10-18(27-2)17(12-14)24-20(26)15-9-7-13(21)11-16(15)22/h7-12H,3-6H2,1-2H3,(H,23,25)(H,24,26). The monoisotopic (exact) mass is 392 g/mol. The van der Waals surface area contributed by atoms with Crippen molar-refractivity contribution in [3.63, 3.8) is 0 Å². The number of hydrogen-bond acceptors (Lipinski definition) is 3. The molecule has 2 amide bonds. The summed E-state index contributed by atoms with van der Waals surface area (Å²) in [7, 11) is 1.46. The summed E-state index contributed by atoms with van der Waals surface area (Å²) in [4.78, 5) is 24.4. The van der Waals surface area contributed by atoms with Crippen LogP contribution in [0.25, 0.3) is 0 Å². The molecule has 0 saturated carbocycles. The van der Waals surface area contributed by atoms with E-state index >= 15 is 0 Å². The van der Waals surface area contributed by atoms with Gasteiger partial charge >= 0.3 is 0 Å². The highest BCUT2D eigenvalue weighted by molar-refractivity contribution is 6.30. The van der Waals surface area contributed by atoms with Crippen molar-refractivity contribution < 1.29 is 18.7 Å². The van der Waals surface area contributed by atoms with Gasteiger partial charge in [0.25, 0.3) is 5.91 Å². The van der Waals surface area contributed by atoms with Crippen LogP contribution < -0.4 is 15.4 Å². The van der Waals surface area contributed by atoms with Gasteiger partial charge in [-0.3, -0.25) is 9.59 Å². The Labute approximate surface area is 162 Å². The van der Waals surface area contributed by atoms with Gasteiger partial charge in [-0.2, -0.15) is 0 Å². The first kappa shape index (κ1) is 20.7. The summed E-state index contributed by atoms with van der Waals surface area (Å²) in [5.74, 6) is -1.08. The molecule has 144 valence electrons. The summed E-state index contributed by atoms with van der Waals surface area (Å²) >= 11 is 5.71. The van der Waals surface area contributed by atoms with Crippen LogP contribution in [0.5, 0.6) is 5.75 Å². The Morgan fingerprint density at radius 2 is 1.89 bits per heavy atom. The van der Waals surface area contributed by atoms with Crippen molar-refractivity contribution >= 4 is 34.8 Å². The van der Waals surface area contributed by atoms with Gasteiger partial charge in [0.1, 0.15) is 11.6 Å². The Hall–Kier alpha value is -2.60. The summed E-state index contributed by atoms with van der Waals surface area (Å²) in [6.07, 6.45) is 3.27. The summed E-state index contributed by atoms with van der Waals surface area (Å²) < 4.78 is 19.2. The summed E-state index contributed by atoms with van der Waals surface area (Å²) in [5, 5.41) is 5.60. The normalized spacial score (nSPS) is 10.4. The molecule has 0 bridgehead atoms. The van der Waals surface area contributed by atoms with Crippen LogP contribution in [-0.4, -0.2) is 18.9 Å². The SMILES string of the molecule is CCCCCC(=O)Nc1ccc(OC)c(NC(=O)c2ccc(Cl)cc2F)c1. The second-order valence-electron chi connectivity index (χ2n) is 6.00. The van der Waals surface area contributed by atoms with Gasteiger partial charge in [0, 0.05) is 17.1 Å². The van der Waals surface area contributed by atoms with Gasteiger partial charge < -0.3 is 15.4 Å². The number of unbranched alkanes of at least 4 members (excludes halogenated alkanes) is 2. The lowest BCUT2D eigenvalue weighted by molar-refractivity contribution is -0.116. The molecule has 2 N–H and O–H groups in total. The number of carbonyl (C=O) groups is 2. The van der Waals surface area contributed by atoms with Crippen molar-refractivity contribution in [2.45, 2.75) is 32.6 Å². The second kappa shape index (κ2) is 9.92. The fourth-order valence-corrected chi connectivity index (χ4v) is 2.66. The van der Waals surface area contributed by atoms with E-state index in [1.54, 1.807) is 18.2 Å². The molecule has 0 fully saturated rings. The Bertz CT molecular complexity index is 827. The molecule has 0 radical (unpaired) electrons. The Morgan fingerprint density at radius 1 is 1.11 bits per heavy atom. The first-order chi connectivity index (χ1) is 12.9. The molecule has 2 aromatic carbocycles. The third kappa shape index (κ3) is 5.96. The van der Waals surface area contributed by atoms with E-state index < -0.39 is 11.7 Å². The number of rotatable bonds is 8. The molecule has 0 unspecified atom stereocenters. The molecule has 27 heavy (non-hydrogen) atoms. The van der Waals surface area contributed by atoms with Gasteiger partial charge in [-0.15, -0.1) is 0 Å². The maximum atomic E-state index is 14.0. The molecule has 0 atom stereocenters. The Kier molecular flexibility index (Phi) is 7.61. The van der Waals surface area contributed by atoms with Crippen LogP contribution in [0.3, 0.4) is 0 Å². The number of amides is 2. The lowest BCUT2D eigenvalue weighted by Crippen LogP contribution is -2.15. The maximum Gasteiger partial charge on any atom is 0.258 e. The zero-order valence-corrected chi connectivity index (χ0v) is 16.0. The number of anilines is 2. The van der Waals surface area contributed by atoms with Gasteiger partial charge in [0.05, 0.1) is 18.4 Å². The lowest BCUT2D eigenvalue weighted by Gasteiger charge is -2.13. The van der Waals surface area contributed by atoms with Crippen molar-refractivity contribution in [1.82, 2.24) is 0 Å². The van der Waals surface area contributed by atoms with Crippen LogP contribution in [0.1, 0.15) is 43.0 Å². The topological polar surface area (TPSA) is 67.4 Å². The van der Waals surface area contributed by atoms with Crippen LogP contribution >= 0.6 is 11.6 Å². The predicted molar refractivity (Wildman–Crippen MR) is 105 cm³/mol. The average Bonchev–Trinajstić information content (AvgIpc) is 2.62. The third-order valence-corrected chi connectivity index (χ3v) is 4.15. The molecule has 0 heterocycles. The minimum absolute atomic E-state index is 0.102. The van der Waals surface area contributed by atoms with Gasteiger partial charge in [0.15, 0.2) is 0 Å². The van der Waals surface area contributed by atoms with E-state index in [1.165, 1.54) is 19.2 Å². The molecular weight excluding hydrogens is 371 g/mol. The molecule has 0 aliphatic carbocycles. The molecule has 0 saturated heterocycles. The number of carbonyl (C=O) groups excluding carboxylic acids is 2. The number of benzene rings is 2. The fourth-order valence-electron chi connectivity index (χ4n) is 2.51. The molecule has 0 spiro atoms. The highest BCUT2D eigenvalue weighted by atomic mass is 35.5. The fraction of sp³-hybridized carbons (Fsp3) is 0.300. The first-order valence-corrected chi connectivity index (χ1v) is 9.06. The largest absolute Gasteiger partial charge is 0.495 e. The van der Waals surface area contributed by atoms with Crippen LogP contribution in [0.15, 0.2) is 36.4 Å². The van der Waals surface area contributed by atoms with Crippen molar-refractivity contribution in [3.8, 4) is 5.75 Å². The van der Waals surface area contributed by atoms with Crippen LogP contribution in [0.4, 0.5) is 15.8 Å². The van der Waals surface area contributed by atoms with E-state index in [2.05, 4.69) is 17.6 Å². The minimum Gasteiger partial charge on any atom is -0.495 e. The lowest BCUT2D eigenvalue weighted by atomic mass is 10.1. The van der Waals surface area contributed by atoms with E-state index in [1.807, 2.05) is 0 Å². The van der Waals surface area contributed by atoms with E-state index in [4.69, 9.17) is 16.3 Å². The molecule has 5 nitrogen and oxygen atoms in total. The molecule has 0 aromatic heterocycles. The molecule has 0 aliphatic rings. The van der Waals surface area contributed by atoms with E-state index in [0.717, 1.165) is 25.3 Å². The van der Waals surface area contributed by atoms with E-state index in [9.17, 15) is 14.0 Å². The molecule has 7 heteroatoms.